The number of hydrogen-bond donors (Lipinski definition) is 1. The smallest absolute Gasteiger partial charge is 0.340 e. The number of aromatic amines is 1. The third-order valence-electron chi connectivity index (χ3n) is 3.13. The van der Waals surface area contributed by atoms with Crippen molar-refractivity contribution >= 4 is 32.8 Å². The average molecular weight is 347 g/mol. The van der Waals surface area contributed by atoms with Crippen molar-refractivity contribution < 1.29 is 9.53 Å². The average Bonchev–Trinajstić information content (AvgIpc) is 2.88. The van der Waals surface area contributed by atoms with Crippen LogP contribution in [0, 0.1) is 6.92 Å². The van der Waals surface area contributed by atoms with Crippen LogP contribution in [0.15, 0.2) is 29.1 Å². The van der Waals surface area contributed by atoms with Gasteiger partial charge in [0.25, 0.3) is 0 Å². The number of esters is 1. The first-order valence-electron chi connectivity index (χ1n) is 6.15. The molecule has 7 heteroatoms. The first kappa shape index (κ1) is 13.7. The second-order valence-corrected chi connectivity index (χ2v) is 5.26. The maximum absolute atomic E-state index is 12.0. The van der Waals surface area contributed by atoms with E-state index < -0.39 is 5.97 Å². The Morgan fingerprint density at radius 3 is 2.62 bits per heavy atom. The zero-order chi connectivity index (χ0) is 15.0. The molecule has 0 aliphatic heterocycles. The molecule has 0 unspecified atom stereocenters. The Morgan fingerprint density at radius 1 is 1.24 bits per heavy atom. The quantitative estimate of drug-likeness (QED) is 0.721. The number of benzene rings is 1. The van der Waals surface area contributed by atoms with Gasteiger partial charge < -0.3 is 4.74 Å². The van der Waals surface area contributed by atoms with Crippen molar-refractivity contribution in [1.82, 2.24) is 20.2 Å². The molecule has 0 saturated heterocycles. The van der Waals surface area contributed by atoms with Crippen molar-refractivity contribution in [3.8, 4) is 11.1 Å². The van der Waals surface area contributed by atoms with Crippen molar-refractivity contribution in [2.75, 3.05) is 7.11 Å². The Balaban J connectivity index is 2.26. The maximum atomic E-state index is 12.0. The molecule has 2 heterocycles. The van der Waals surface area contributed by atoms with Gasteiger partial charge in [-0.05, 0) is 40.5 Å². The largest absolute Gasteiger partial charge is 0.465 e. The van der Waals surface area contributed by atoms with Gasteiger partial charge in [-0.1, -0.05) is 0 Å². The Kier molecular flexibility index (Phi) is 3.42. The number of ether oxygens (including phenoxy) is 1. The highest BCUT2D eigenvalue weighted by Crippen LogP contribution is 2.30. The molecule has 0 bridgehead atoms. The second kappa shape index (κ2) is 5.25. The molecule has 21 heavy (non-hydrogen) atoms. The van der Waals surface area contributed by atoms with Gasteiger partial charge in [0.05, 0.1) is 12.7 Å². The summed E-state index contributed by atoms with van der Waals surface area (Å²) < 4.78 is 5.53. The number of nitrogens with one attached hydrogen (secondary N) is 1. The molecule has 0 radical (unpaired) electrons. The minimum atomic E-state index is -0.436. The van der Waals surface area contributed by atoms with Gasteiger partial charge in [-0.3, -0.25) is 5.10 Å². The van der Waals surface area contributed by atoms with Crippen LogP contribution in [0.5, 0.6) is 0 Å². The minimum absolute atomic E-state index is 0.396. The summed E-state index contributed by atoms with van der Waals surface area (Å²) >= 11 is 3.39. The Morgan fingerprint density at radius 2 is 1.95 bits per heavy atom. The van der Waals surface area contributed by atoms with Crippen molar-refractivity contribution in [1.29, 1.82) is 0 Å². The molecule has 0 aliphatic carbocycles. The molecule has 0 spiro atoms. The van der Waals surface area contributed by atoms with E-state index in [0.717, 1.165) is 16.5 Å². The van der Waals surface area contributed by atoms with Gasteiger partial charge in [0.1, 0.15) is 15.9 Å². The predicted molar refractivity (Wildman–Crippen MR) is 80.9 cm³/mol. The van der Waals surface area contributed by atoms with E-state index in [0.29, 0.717) is 21.5 Å². The summed E-state index contributed by atoms with van der Waals surface area (Å²) in [6.45, 7) is 1.82. The first-order chi connectivity index (χ1) is 10.1. The molecule has 3 rings (SSSR count). The van der Waals surface area contributed by atoms with Crippen LogP contribution < -0.4 is 0 Å². The SMILES string of the molecule is COC(=O)c1cc(-c2cnc(C)nc2)cc2c(Br)[nH]nc12. The number of rotatable bonds is 2. The fourth-order valence-corrected chi connectivity index (χ4v) is 2.45. The number of nitrogens with zero attached hydrogens (tertiary/aromatic N) is 3. The van der Waals surface area contributed by atoms with Crippen molar-refractivity contribution in [3.63, 3.8) is 0 Å². The monoisotopic (exact) mass is 346 g/mol. The van der Waals surface area contributed by atoms with Crippen LogP contribution in [0.2, 0.25) is 0 Å². The number of aromatic nitrogens is 4. The molecule has 0 amide bonds. The summed E-state index contributed by atoms with van der Waals surface area (Å²) in [4.78, 5) is 20.3. The van der Waals surface area contributed by atoms with E-state index in [2.05, 4.69) is 36.1 Å². The molecule has 6 nitrogen and oxygen atoms in total. The number of halogens is 1. The molecule has 0 fully saturated rings. The highest BCUT2D eigenvalue weighted by molar-refractivity contribution is 9.10. The molecule has 106 valence electrons. The van der Waals surface area contributed by atoms with Crippen molar-refractivity contribution in [2.24, 2.45) is 0 Å². The lowest BCUT2D eigenvalue weighted by Crippen LogP contribution is -2.02. The van der Waals surface area contributed by atoms with Crippen LogP contribution in [-0.2, 0) is 4.74 Å². The van der Waals surface area contributed by atoms with E-state index in [-0.39, 0.29) is 0 Å². The highest BCUT2D eigenvalue weighted by Gasteiger charge is 2.17. The zero-order valence-electron chi connectivity index (χ0n) is 11.3. The van der Waals surface area contributed by atoms with Crippen LogP contribution in [0.3, 0.4) is 0 Å². The third-order valence-corrected chi connectivity index (χ3v) is 3.74. The zero-order valence-corrected chi connectivity index (χ0v) is 12.9. The van der Waals surface area contributed by atoms with Crippen molar-refractivity contribution in [2.45, 2.75) is 6.92 Å². The molecule has 0 aliphatic rings. The molecule has 2 aromatic heterocycles. The Labute approximate surface area is 128 Å². The number of carbonyl (C=O) groups excluding carboxylic acids is 1. The van der Waals surface area contributed by atoms with Gasteiger partial charge in [-0.15, -0.1) is 0 Å². The molecular formula is C14H11BrN4O2. The summed E-state index contributed by atoms with van der Waals surface area (Å²) in [5.74, 6) is 0.256. The lowest BCUT2D eigenvalue weighted by Gasteiger charge is -2.06. The molecule has 3 aromatic rings. The van der Waals surface area contributed by atoms with Gasteiger partial charge >= 0.3 is 5.97 Å². The molecular weight excluding hydrogens is 336 g/mol. The Hall–Kier alpha value is -2.28. The number of H-pyrrole nitrogens is 1. The number of fused-ring (bicyclic) bond motifs is 1. The summed E-state index contributed by atoms with van der Waals surface area (Å²) in [6.07, 6.45) is 3.44. The van der Waals surface area contributed by atoms with Crippen LogP contribution in [0.25, 0.3) is 22.0 Å². The fourth-order valence-electron chi connectivity index (χ4n) is 2.06. The molecule has 1 N–H and O–H groups in total. The summed E-state index contributed by atoms with van der Waals surface area (Å²) in [7, 11) is 1.34. The van der Waals surface area contributed by atoms with E-state index in [1.54, 1.807) is 18.5 Å². The second-order valence-electron chi connectivity index (χ2n) is 4.47. The van der Waals surface area contributed by atoms with Gasteiger partial charge in [0, 0.05) is 23.3 Å². The number of methoxy groups -OCH3 is 1. The van der Waals surface area contributed by atoms with Crippen molar-refractivity contribution in [3.05, 3.63) is 40.5 Å². The summed E-state index contributed by atoms with van der Waals surface area (Å²) in [5.41, 5.74) is 2.60. The minimum Gasteiger partial charge on any atom is -0.465 e. The van der Waals surface area contributed by atoms with Gasteiger partial charge in [0.15, 0.2) is 0 Å². The van der Waals surface area contributed by atoms with Gasteiger partial charge in [-0.25, -0.2) is 14.8 Å². The van der Waals surface area contributed by atoms with Crippen LogP contribution >= 0.6 is 15.9 Å². The third kappa shape index (κ3) is 2.40. The number of hydrogen-bond acceptors (Lipinski definition) is 5. The first-order valence-corrected chi connectivity index (χ1v) is 6.94. The lowest BCUT2D eigenvalue weighted by molar-refractivity contribution is 0.0603. The van der Waals surface area contributed by atoms with Crippen LogP contribution in [0.4, 0.5) is 0 Å². The fraction of sp³-hybridized carbons (Fsp3) is 0.143. The van der Waals surface area contributed by atoms with E-state index in [1.165, 1.54) is 7.11 Å². The van der Waals surface area contributed by atoms with E-state index in [9.17, 15) is 4.79 Å². The van der Waals surface area contributed by atoms with E-state index >= 15 is 0 Å². The topological polar surface area (TPSA) is 80.8 Å². The molecule has 1 aromatic carbocycles. The number of aryl methyl sites for hydroxylation is 1. The molecule has 0 saturated carbocycles. The highest BCUT2D eigenvalue weighted by atomic mass is 79.9. The molecule has 0 atom stereocenters. The summed E-state index contributed by atoms with van der Waals surface area (Å²) in [6, 6.07) is 3.65. The lowest BCUT2D eigenvalue weighted by atomic mass is 10.0. The maximum Gasteiger partial charge on any atom is 0.340 e. The van der Waals surface area contributed by atoms with Gasteiger partial charge in [-0.2, -0.15) is 5.10 Å². The van der Waals surface area contributed by atoms with E-state index in [4.69, 9.17) is 4.74 Å². The summed E-state index contributed by atoms with van der Waals surface area (Å²) in [5, 5.41) is 7.74. The van der Waals surface area contributed by atoms with E-state index in [1.807, 2.05) is 13.0 Å². The van der Waals surface area contributed by atoms with Crippen LogP contribution in [0.1, 0.15) is 16.2 Å². The van der Waals surface area contributed by atoms with Gasteiger partial charge in [0.2, 0.25) is 0 Å². The van der Waals surface area contributed by atoms with Crippen LogP contribution in [-0.4, -0.2) is 33.2 Å². The standard InChI is InChI=1S/C14H11BrN4O2/c1-7-16-5-9(6-17-7)8-3-10-12(18-19-13(10)15)11(4-8)14(20)21-2/h3-6H,1-2H3,(H,18,19). The number of carbonyl (C=O) groups is 1. The predicted octanol–water partition coefficient (Wildman–Crippen LogP) is 2.88. The normalized spacial score (nSPS) is 10.8. The Bertz CT molecular complexity index is 827.